The third-order valence-corrected chi connectivity index (χ3v) is 6.80. The number of likely N-dealkylation sites (N-methyl/N-ethyl adjacent to an activating group) is 1. The van der Waals surface area contributed by atoms with Crippen LogP contribution in [0.5, 0.6) is 0 Å². The van der Waals surface area contributed by atoms with E-state index in [0.717, 1.165) is 25.5 Å². The molecule has 0 aromatic carbocycles. The second-order valence-electron chi connectivity index (χ2n) is 6.60. The van der Waals surface area contributed by atoms with Gasteiger partial charge in [-0.05, 0) is 45.4 Å². The molecule has 3 rings (SSSR count). The van der Waals surface area contributed by atoms with Crippen molar-refractivity contribution in [2.24, 2.45) is 0 Å². The lowest BCUT2D eigenvalue weighted by molar-refractivity contribution is 0.222. The summed E-state index contributed by atoms with van der Waals surface area (Å²) in [6.45, 7) is 5.84. The molecule has 2 saturated heterocycles. The van der Waals surface area contributed by atoms with E-state index in [1.54, 1.807) is 10.4 Å². The van der Waals surface area contributed by atoms with Crippen LogP contribution in [0.2, 0.25) is 0 Å². The van der Waals surface area contributed by atoms with E-state index in [9.17, 15) is 8.42 Å². The molecule has 1 aromatic rings. The molecule has 0 bridgehead atoms. The van der Waals surface area contributed by atoms with Crippen LogP contribution in [-0.2, 0) is 10.0 Å². The highest BCUT2D eigenvalue weighted by Crippen LogP contribution is 2.24. The van der Waals surface area contributed by atoms with Crippen LogP contribution in [0.4, 0.5) is 5.82 Å². The van der Waals surface area contributed by atoms with E-state index in [-0.39, 0.29) is 0 Å². The molecule has 0 aliphatic carbocycles. The maximum Gasteiger partial charge on any atom is 0.244 e. The zero-order chi connectivity index (χ0) is 16.4. The van der Waals surface area contributed by atoms with E-state index in [4.69, 9.17) is 0 Å². The van der Waals surface area contributed by atoms with Crippen LogP contribution in [0, 0.1) is 0 Å². The number of anilines is 1. The van der Waals surface area contributed by atoms with Gasteiger partial charge < -0.3 is 9.80 Å². The van der Waals surface area contributed by atoms with Crippen LogP contribution < -0.4 is 4.90 Å². The summed E-state index contributed by atoms with van der Waals surface area (Å²) >= 11 is 0. The van der Waals surface area contributed by atoms with Crippen molar-refractivity contribution in [1.29, 1.82) is 0 Å². The molecular formula is C16H26N4O2S. The molecule has 7 heteroatoms. The average Bonchev–Trinajstić information content (AvgIpc) is 2.56. The number of nitrogens with zero attached hydrogens (tertiary/aromatic N) is 4. The quantitative estimate of drug-likeness (QED) is 0.834. The van der Waals surface area contributed by atoms with E-state index in [2.05, 4.69) is 21.7 Å². The number of hydrogen-bond donors (Lipinski definition) is 0. The Labute approximate surface area is 139 Å². The fourth-order valence-electron chi connectivity index (χ4n) is 3.31. The van der Waals surface area contributed by atoms with Gasteiger partial charge in [0.25, 0.3) is 0 Å². The standard InChI is InChI=1S/C16H26N4O2S/c1-14-5-3-4-8-20(14)16-7-6-15(13-17-16)23(21,22)19-11-9-18(2)10-12-19/h6-7,13-14H,3-5,8-12H2,1-2H3/t14-/m1/s1. The summed E-state index contributed by atoms with van der Waals surface area (Å²) in [6, 6.07) is 4.03. The summed E-state index contributed by atoms with van der Waals surface area (Å²) < 4.78 is 27.0. The van der Waals surface area contributed by atoms with Gasteiger partial charge in [0, 0.05) is 45.0 Å². The maximum absolute atomic E-state index is 12.7. The summed E-state index contributed by atoms with van der Waals surface area (Å²) in [7, 11) is -1.41. The number of rotatable bonds is 3. The molecule has 2 aliphatic heterocycles. The molecular weight excluding hydrogens is 312 g/mol. The van der Waals surface area contributed by atoms with Crippen LogP contribution in [0.15, 0.2) is 23.2 Å². The Balaban J connectivity index is 1.76. The maximum atomic E-state index is 12.7. The Morgan fingerprint density at radius 1 is 1.09 bits per heavy atom. The van der Waals surface area contributed by atoms with Crippen LogP contribution in [0.25, 0.3) is 0 Å². The normalized spacial score (nSPS) is 24.8. The van der Waals surface area contributed by atoms with Crippen molar-refractivity contribution in [3.05, 3.63) is 18.3 Å². The molecule has 2 fully saturated rings. The van der Waals surface area contributed by atoms with Gasteiger partial charge in [0.15, 0.2) is 0 Å². The number of hydrogen-bond acceptors (Lipinski definition) is 5. The molecule has 128 valence electrons. The molecule has 0 amide bonds. The number of piperazine rings is 1. The minimum absolute atomic E-state index is 0.301. The molecule has 0 N–H and O–H groups in total. The van der Waals surface area contributed by atoms with Gasteiger partial charge in [-0.2, -0.15) is 4.31 Å². The molecule has 0 unspecified atom stereocenters. The fourth-order valence-corrected chi connectivity index (χ4v) is 4.68. The molecule has 0 radical (unpaired) electrons. The monoisotopic (exact) mass is 338 g/mol. The van der Waals surface area contributed by atoms with Gasteiger partial charge in [0.2, 0.25) is 10.0 Å². The highest BCUT2D eigenvalue weighted by Gasteiger charge is 2.28. The van der Waals surface area contributed by atoms with Gasteiger partial charge in [0.05, 0.1) is 0 Å². The van der Waals surface area contributed by atoms with Crippen molar-refractivity contribution in [3.8, 4) is 0 Å². The third kappa shape index (κ3) is 3.51. The Bertz CT molecular complexity index is 624. The summed E-state index contributed by atoms with van der Waals surface area (Å²) in [5.41, 5.74) is 0. The minimum atomic E-state index is -3.42. The topological polar surface area (TPSA) is 56.8 Å². The van der Waals surface area contributed by atoms with Crippen LogP contribution in [0.3, 0.4) is 0 Å². The zero-order valence-electron chi connectivity index (χ0n) is 14.0. The molecule has 0 spiro atoms. The van der Waals surface area contributed by atoms with Crippen LogP contribution in [0.1, 0.15) is 26.2 Å². The summed E-state index contributed by atoms with van der Waals surface area (Å²) in [4.78, 5) is 9.16. The van der Waals surface area contributed by atoms with Crippen molar-refractivity contribution in [1.82, 2.24) is 14.2 Å². The van der Waals surface area contributed by atoms with Gasteiger partial charge in [-0.15, -0.1) is 0 Å². The molecule has 1 aromatic heterocycles. The van der Waals surface area contributed by atoms with Gasteiger partial charge in [-0.25, -0.2) is 13.4 Å². The smallest absolute Gasteiger partial charge is 0.244 e. The first-order valence-corrected chi connectivity index (χ1v) is 9.84. The first-order chi connectivity index (χ1) is 11.0. The highest BCUT2D eigenvalue weighted by molar-refractivity contribution is 7.89. The van der Waals surface area contributed by atoms with Crippen molar-refractivity contribution in [2.75, 3.05) is 44.7 Å². The predicted octanol–water partition coefficient (Wildman–Crippen LogP) is 1.40. The lowest BCUT2D eigenvalue weighted by Crippen LogP contribution is -2.47. The van der Waals surface area contributed by atoms with E-state index >= 15 is 0 Å². The average molecular weight is 338 g/mol. The number of piperidine rings is 1. The molecule has 6 nitrogen and oxygen atoms in total. The molecule has 2 aliphatic rings. The van der Waals surface area contributed by atoms with Gasteiger partial charge in [0.1, 0.15) is 10.7 Å². The van der Waals surface area contributed by atoms with E-state index in [1.807, 2.05) is 13.1 Å². The van der Waals surface area contributed by atoms with Gasteiger partial charge in [-0.1, -0.05) is 0 Å². The zero-order valence-corrected chi connectivity index (χ0v) is 14.8. The second kappa shape index (κ2) is 6.75. The summed E-state index contributed by atoms with van der Waals surface area (Å²) in [5, 5.41) is 0. The number of sulfonamides is 1. The first kappa shape index (κ1) is 16.7. The Hall–Kier alpha value is -1.18. The van der Waals surface area contributed by atoms with Crippen molar-refractivity contribution in [3.63, 3.8) is 0 Å². The first-order valence-electron chi connectivity index (χ1n) is 8.40. The number of aromatic nitrogens is 1. The Kier molecular flexibility index (Phi) is 4.89. The predicted molar refractivity (Wildman–Crippen MR) is 91.2 cm³/mol. The summed E-state index contributed by atoms with van der Waals surface area (Å²) in [5.74, 6) is 0.884. The van der Waals surface area contributed by atoms with E-state index < -0.39 is 10.0 Å². The summed E-state index contributed by atoms with van der Waals surface area (Å²) in [6.07, 6.45) is 5.12. The molecule has 23 heavy (non-hydrogen) atoms. The van der Waals surface area contributed by atoms with Gasteiger partial charge >= 0.3 is 0 Å². The molecule has 1 atom stereocenters. The van der Waals surface area contributed by atoms with Crippen molar-refractivity contribution < 1.29 is 8.42 Å². The molecule has 3 heterocycles. The highest BCUT2D eigenvalue weighted by atomic mass is 32.2. The van der Waals surface area contributed by atoms with Crippen molar-refractivity contribution >= 4 is 15.8 Å². The Morgan fingerprint density at radius 3 is 2.43 bits per heavy atom. The van der Waals surface area contributed by atoms with Gasteiger partial charge in [-0.3, -0.25) is 0 Å². The fraction of sp³-hybridized carbons (Fsp3) is 0.688. The number of pyridine rings is 1. The lowest BCUT2D eigenvalue weighted by atomic mass is 10.0. The van der Waals surface area contributed by atoms with Crippen LogP contribution >= 0.6 is 0 Å². The van der Waals surface area contributed by atoms with Crippen molar-refractivity contribution in [2.45, 2.75) is 37.1 Å². The van der Waals surface area contributed by atoms with E-state index in [1.165, 1.54) is 25.5 Å². The van der Waals surface area contributed by atoms with Crippen LogP contribution in [-0.4, -0.2) is 68.4 Å². The molecule has 0 saturated carbocycles. The Morgan fingerprint density at radius 2 is 1.83 bits per heavy atom. The third-order valence-electron chi connectivity index (χ3n) is 4.92. The SMILES string of the molecule is C[C@@H]1CCCCN1c1ccc(S(=O)(=O)N2CCN(C)CC2)cn1. The minimum Gasteiger partial charge on any atom is -0.354 e. The second-order valence-corrected chi connectivity index (χ2v) is 8.54. The lowest BCUT2D eigenvalue weighted by Gasteiger charge is -2.34. The largest absolute Gasteiger partial charge is 0.354 e. The van der Waals surface area contributed by atoms with E-state index in [0.29, 0.717) is 24.0 Å².